The molecule has 1 aliphatic rings. The van der Waals surface area contributed by atoms with Crippen LogP contribution >= 0.6 is 0 Å². The molecule has 0 aliphatic carbocycles. The number of rotatable bonds is 3. The van der Waals surface area contributed by atoms with Gasteiger partial charge < -0.3 is 10.4 Å². The minimum absolute atomic E-state index is 0.343. The first-order valence-electron chi connectivity index (χ1n) is 7.56. The van der Waals surface area contributed by atoms with Crippen LogP contribution in [0.1, 0.15) is 25.3 Å². The molecule has 2 aromatic rings. The fourth-order valence-corrected chi connectivity index (χ4v) is 3.36. The molecule has 2 aromatic carbocycles. The fraction of sp³-hybridized carbons (Fsp3) is 0.444. The van der Waals surface area contributed by atoms with E-state index < -0.39 is 5.60 Å². The van der Waals surface area contributed by atoms with E-state index in [4.69, 9.17) is 0 Å². The zero-order valence-electron chi connectivity index (χ0n) is 12.1. The first-order valence-corrected chi connectivity index (χ1v) is 7.56. The molecule has 0 saturated carbocycles. The van der Waals surface area contributed by atoms with Crippen LogP contribution < -0.4 is 5.32 Å². The Bertz CT molecular complexity index is 579. The van der Waals surface area contributed by atoms with Crippen molar-refractivity contribution in [3.63, 3.8) is 0 Å². The van der Waals surface area contributed by atoms with Crippen LogP contribution in [0.15, 0.2) is 42.5 Å². The molecule has 2 atom stereocenters. The van der Waals surface area contributed by atoms with Gasteiger partial charge in [-0.05, 0) is 42.6 Å². The Morgan fingerprint density at radius 2 is 2.00 bits per heavy atom. The van der Waals surface area contributed by atoms with E-state index in [1.165, 1.54) is 16.3 Å². The second-order valence-corrected chi connectivity index (χ2v) is 6.22. The van der Waals surface area contributed by atoms with Gasteiger partial charge in [0.2, 0.25) is 0 Å². The predicted molar refractivity (Wildman–Crippen MR) is 83.9 cm³/mol. The van der Waals surface area contributed by atoms with Crippen LogP contribution in [0, 0.1) is 5.92 Å². The Labute approximate surface area is 120 Å². The third kappa shape index (κ3) is 2.72. The van der Waals surface area contributed by atoms with E-state index >= 15 is 0 Å². The fourth-order valence-electron chi connectivity index (χ4n) is 3.36. The first kappa shape index (κ1) is 13.6. The van der Waals surface area contributed by atoms with Crippen molar-refractivity contribution in [2.45, 2.75) is 31.8 Å². The second-order valence-electron chi connectivity index (χ2n) is 6.22. The lowest BCUT2D eigenvalue weighted by atomic mass is 9.79. The van der Waals surface area contributed by atoms with E-state index in [0.717, 1.165) is 32.4 Å². The highest BCUT2D eigenvalue weighted by molar-refractivity contribution is 5.85. The van der Waals surface area contributed by atoms with Gasteiger partial charge in [-0.3, -0.25) is 0 Å². The highest BCUT2D eigenvalue weighted by atomic mass is 16.3. The van der Waals surface area contributed by atoms with Crippen LogP contribution in [0.4, 0.5) is 0 Å². The lowest BCUT2D eigenvalue weighted by molar-refractivity contribution is -0.00992. The molecule has 2 N–H and O–H groups in total. The van der Waals surface area contributed by atoms with Gasteiger partial charge in [0.25, 0.3) is 0 Å². The Balaban J connectivity index is 1.88. The summed E-state index contributed by atoms with van der Waals surface area (Å²) < 4.78 is 0. The van der Waals surface area contributed by atoms with E-state index in [9.17, 15) is 5.11 Å². The van der Waals surface area contributed by atoms with Crippen LogP contribution in [-0.4, -0.2) is 23.8 Å². The number of nitrogens with one attached hydrogen (secondary N) is 1. The summed E-state index contributed by atoms with van der Waals surface area (Å²) in [6, 6.07) is 14.8. The molecule has 3 rings (SSSR count). The Hall–Kier alpha value is -1.38. The summed E-state index contributed by atoms with van der Waals surface area (Å²) in [6.07, 6.45) is 3.00. The maximum atomic E-state index is 10.9. The maximum Gasteiger partial charge on any atom is 0.0700 e. The van der Waals surface area contributed by atoms with Gasteiger partial charge in [-0.25, -0.2) is 0 Å². The van der Waals surface area contributed by atoms with Crippen LogP contribution in [0.25, 0.3) is 10.8 Å². The molecular formula is C18H23NO. The molecule has 0 radical (unpaired) electrons. The first-order chi connectivity index (χ1) is 9.67. The molecule has 0 amide bonds. The summed E-state index contributed by atoms with van der Waals surface area (Å²) in [6.45, 7) is 4.01. The Kier molecular flexibility index (Phi) is 3.77. The molecule has 1 aliphatic heterocycles. The lowest BCUT2D eigenvalue weighted by Gasteiger charge is -2.36. The van der Waals surface area contributed by atoms with Crippen molar-refractivity contribution in [2.24, 2.45) is 5.92 Å². The molecule has 0 spiro atoms. The zero-order valence-corrected chi connectivity index (χ0v) is 12.1. The Morgan fingerprint density at radius 3 is 2.80 bits per heavy atom. The highest BCUT2D eigenvalue weighted by Crippen LogP contribution is 2.30. The number of benzene rings is 2. The van der Waals surface area contributed by atoms with Crippen molar-refractivity contribution in [1.82, 2.24) is 5.32 Å². The van der Waals surface area contributed by atoms with E-state index in [2.05, 4.69) is 47.8 Å². The molecule has 106 valence electrons. The topological polar surface area (TPSA) is 32.3 Å². The molecule has 0 aromatic heterocycles. The summed E-state index contributed by atoms with van der Waals surface area (Å²) in [5.74, 6) is 0.343. The highest BCUT2D eigenvalue weighted by Gasteiger charge is 2.33. The average molecular weight is 269 g/mol. The number of fused-ring (bicyclic) bond motifs is 1. The number of hydrogen-bond acceptors (Lipinski definition) is 2. The maximum absolute atomic E-state index is 10.9. The minimum Gasteiger partial charge on any atom is -0.389 e. The monoisotopic (exact) mass is 269 g/mol. The van der Waals surface area contributed by atoms with Gasteiger partial charge in [-0.1, -0.05) is 42.5 Å². The van der Waals surface area contributed by atoms with Crippen molar-refractivity contribution in [3.8, 4) is 0 Å². The summed E-state index contributed by atoms with van der Waals surface area (Å²) in [5.41, 5.74) is 0.607. The van der Waals surface area contributed by atoms with Crippen molar-refractivity contribution >= 4 is 10.8 Å². The van der Waals surface area contributed by atoms with Gasteiger partial charge in [0, 0.05) is 18.9 Å². The average Bonchev–Trinajstić information content (AvgIpc) is 2.48. The van der Waals surface area contributed by atoms with E-state index in [1.54, 1.807) is 0 Å². The van der Waals surface area contributed by atoms with Gasteiger partial charge in [-0.15, -0.1) is 0 Å². The van der Waals surface area contributed by atoms with Gasteiger partial charge >= 0.3 is 0 Å². The lowest BCUT2D eigenvalue weighted by Crippen LogP contribution is -2.45. The molecule has 2 unspecified atom stereocenters. The summed E-state index contributed by atoms with van der Waals surface area (Å²) in [7, 11) is 0. The zero-order chi connectivity index (χ0) is 14.0. The Morgan fingerprint density at radius 1 is 1.20 bits per heavy atom. The predicted octanol–water partition coefficient (Wildman–Crippen LogP) is 3.13. The summed E-state index contributed by atoms with van der Waals surface area (Å²) in [4.78, 5) is 0. The molecule has 0 bridgehead atoms. The molecule has 20 heavy (non-hydrogen) atoms. The van der Waals surface area contributed by atoms with Crippen LogP contribution in [-0.2, 0) is 6.42 Å². The molecule has 1 fully saturated rings. The van der Waals surface area contributed by atoms with Crippen LogP contribution in [0.5, 0.6) is 0 Å². The standard InChI is InChI=1S/C18H23NO/c1-18(20,16-9-5-11-19-13-16)12-15-8-4-7-14-6-2-3-10-17(14)15/h2-4,6-8,10,16,19-20H,5,9,11-13H2,1H3. The minimum atomic E-state index is -0.641. The van der Waals surface area contributed by atoms with Crippen LogP contribution in [0.2, 0.25) is 0 Å². The van der Waals surface area contributed by atoms with Crippen LogP contribution in [0.3, 0.4) is 0 Å². The summed E-state index contributed by atoms with van der Waals surface area (Å²) in [5, 5.41) is 16.8. The molecule has 1 heterocycles. The van der Waals surface area contributed by atoms with Crippen molar-refractivity contribution < 1.29 is 5.11 Å². The third-order valence-corrected chi connectivity index (χ3v) is 4.60. The van der Waals surface area contributed by atoms with E-state index in [1.807, 2.05) is 6.92 Å². The molecule has 2 nitrogen and oxygen atoms in total. The van der Waals surface area contributed by atoms with Gasteiger partial charge in [0.05, 0.1) is 5.60 Å². The summed E-state index contributed by atoms with van der Waals surface area (Å²) >= 11 is 0. The number of aliphatic hydroxyl groups is 1. The van der Waals surface area contributed by atoms with Gasteiger partial charge in [0.1, 0.15) is 0 Å². The van der Waals surface area contributed by atoms with Crippen molar-refractivity contribution in [1.29, 1.82) is 0 Å². The van der Waals surface area contributed by atoms with Crippen molar-refractivity contribution in [3.05, 3.63) is 48.0 Å². The van der Waals surface area contributed by atoms with Gasteiger partial charge in [0.15, 0.2) is 0 Å². The quantitative estimate of drug-likeness (QED) is 0.897. The largest absolute Gasteiger partial charge is 0.389 e. The van der Waals surface area contributed by atoms with Gasteiger partial charge in [-0.2, -0.15) is 0 Å². The normalized spacial score (nSPS) is 22.6. The second kappa shape index (κ2) is 5.55. The van der Waals surface area contributed by atoms with E-state index in [-0.39, 0.29) is 0 Å². The number of hydrogen-bond donors (Lipinski definition) is 2. The molecule has 2 heteroatoms. The molecule has 1 saturated heterocycles. The van der Waals surface area contributed by atoms with E-state index in [0.29, 0.717) is 5.92 Å². The van der Waals surface area contributed by atoms with Crippen molar-refractivity contribution in [2.75, 3.05) is 13.1 Å². The molecular weight excluding hydrogens is 246 g/mol. The third-order valence-electron chi connectivity index (χ3n) is 4.60. The number of piperidine rings is 1. The SMILES string of the molecule is CC(O)(Cc1cccc2ccccc12)C1CCCNC1. The smallest absolute Gasteiger partial charge is 0.0700 e.